The monoisotopic (exact) mass is 337 g/mol. The Kier molecular flexibility index (Phi) is 7.19. The van der Waals surface area contributed by atoms with Crippen LogP contribution in [0, 0.1) is 5.92 Å². The number of nitrogens with two attached hydrogens (primary N) is 1. The molecule has 8 nitrogen and oxygen atoms in total. The molecule has 2 atom stereocenters. The number of benzene rings is 1. The molecule has 2 unspecified atom stereocenters. The number of aliphatic carboxylic acids is 1. The molecule has 8 heteroatoms. The first-order valence-electron chi connectivity index (χ1n) is 7.54. The fourth-order valence-electron chi connectivity index (χ4n) is 2.05. The van der Waals surface area contributed by atoms with Crippen molar-refractivity contribution in [2.45, 2.75) is 32.4 Å². The Morgan fingerprint density at radius 2 is 1.71 bits per heavy atom. The third-order valence-electron chi connectivity index (χ3n) is 3.39. The second-order valence-electron chi connectivity index (χ2n) is 5.82. The number of carbonyl (C=O) groups is 3. The summed E-state index contributed by atoms with van der Waals surface area (Å²) in [4.78, 5) is 34.7. The van der Waals surface area contributed by atoms with E-state index in [9.17, 15) is 19.5 Å². The van der Waals surface area contributed by atoms with Gasteiger partial charge in [0.05, 0.1) is 6.04 Å². The van der Waals surface area contributed by atoms with Crippen molar-refractivity contribution in [2.24, 2.45) is 11.7 Å². The lowest BCUT2D eigenvalue weighted by Gasteiger charge is -2.23. The van der Waals surface area contributed by atoms with Crippen molar-refractivity contribution in [1.82, 2.24) is 10.6 Å². The predicted molar refractivity (Wildman–Crippen MR) is 87.2 cm³/mol. The number of phenols is 1. The van der Waals surface area contributed by atoms with Crippen LogP contribution in [0.2, 0.25) is 0 Å². The van der Waals surface area contributed by atoms with E-state index >= 15 is 0 Å². The fourth-order valence-corrected chi connectivity index (χ4v) is 2.05. The Morgan fingerprint density at radius 3 is 2.21 bits per heavy atom. The SMILES string of the molecule is CC(C)C(NC(=O)C(N)Cc1ccc(O)cc1)C(=O)NCC(=O)O. The van der Waals surface area contributed by atoms with Gasteiger partial charge in [-0.3, -0.25) is 14.4 Å². The van der Waals surface area contributed by atoms with Crippen molar-refractivity contribution in [3.05, 3.63) is 29.8 Å². The molecule has 0 heterocycles. The number of phenolic OH excluding ortho intramolecular Hbond substituents is 1. The zero-order valence-electron chi connectivity index (χ0n) is 13.7. The summed E-state index contributed by atoms with van der Waals surface area (Å²) in [6.07, 6.45) is 0.244. The van der Waals surface area contributed by atoms with Crippen LogP contribution < -0.4 is 16.4 Å². The Bertz CT molecular complexity index is 586. The smallest absolute Gasteiger partial charge is 0.322 e. The highest BCUT2D eigenvalue weighted by Gasteiger charge is 2.26. The number of rotatable bonds is 8. The first-order chi connectivity index (χ1) is 11.2. The van der Waals surface area contributed by atoms with Gasteiger partial charge >= 0.3 is 5.97 Å². The van der Waals surface area contributed by atoms with Crippen LogP contribution in [0.1, 0.15) is 19.4 Å². The summed E-state index contributed by atoms with van der Waals surface area (Å²) < 4.78 is 0. The third kappa shape index (κ3) is 6.25. The van der Waals surface area contributed by atoms with Crippen LogP contribution in [-0.2, 0) is 20.8 Å². The maximum absolute atomic E-state index is 12.2. The van der Waals surface area contributed by atoms with E-state index in [1.54, 1.807) is 26.0 Å². The Labute approximate surface area is 140 Å². The first kappa shape index (κ1) is 19.4. The molecule has 0 aliphatic carbocycles. The average Bonchev–Trinajstić information content (AvgIpc) is 2.51. The van der Waals surface area contributed by atoms with Crippen LogP contribution in [0.25, 0.3) is 0 Å². The number of carboxylic acids is 1. The number of carbonyl (C=O) groups excluding carboxylic acids is 2. The minimum absolute atomic E-state index is 0.117. The van der Waals surface area contributed by atoms with Gasteiger partial charge in [0.25, 0.3) is 0 Å². The van der Waals surface area contributed by atoms with E-state index in [-0.39, 0.29) is 18.1 Å². The maximum atomic E-state index is 12.2. The van der Waals surface area contributed by atoms with E-state index in [1.807, 2.05) is 0 Å². The lowest BCUT2D eigenvalue weighted by Crippen LogP contribution is -2.54. The van der Waals surface area contributed by atoms with Crippen molar-refractivity contribution in [1.29, 1.82) is 0 Å². The predicted octanol–water partition coefficient (Wildman–Crippen LogP) is -0.396. The van der Waals surface area contributed by atoms with Gasteiger partial charge in [0, 0.05) is 0 Å². The molecular formula is C16H23N3O5. The van der Waals surface area contributed by atoms with Gasteiger partial charge in [-0.1, -0.05) is 26.0 Å². The fraction of sp³-hybridized carbons (Fsp3) is 0.438. The van der Waals surface area contributed by atoms with Gasteiger partial charge in [0.1, 0.15) is 18.3 Å². The van der Waals surface area contributed by atoms with Crippen molar-refractivity contribution in [3.63, 3.8) is 0 Å². The highest BCUT2D eigenvalue weighted by Crippen LogP contribution is 2.11. The molecule has 24 heavy (non-hydrogen) atoms. The quantitative estimate of drug-likeness (QED) is 0.437. The summed E-state index contributed by atoms with van der Waals surface area (Å²) in [6.45, 7) is 2.95. The highest BCUT2D eigenvalue weighted by molar-refractivity contribution is 5.91. The molecular weight excluding hydrogens is 314 g/mol. The topological polar surface area (TPSA) is 142 Å². The molecule has 0 aliphatic heterocycles. The third-order valence-corrected chi connectivity index (χ3v) is 3.39. The maximum Gasteiger partial charge on any atom is 0.322 e. The molecule has 1 aromatic carbocycles. The Hall–Kier alpha value is -2.61. The van der Waals surface area contributed by atoms with Crippen LogP contribution in [-0.4, -0.2) is 46.6 Å². The molecule has 132 valence electrons. The molecule has 2 amide bonds. The molecule has 0 radical (unpaired) electrons. The number of hydrogen-bond donors (Lipinski definition) is 5. The van der Waals surface area contributed by atoms with E-state index < -0.39 is 36.4 Å². The molecule has 0 aliphatic rings. The van der Waals surface area contributed by atoms with Crippen molar-refractivity contribution in [3.8, 4) is 5.75 Å². The van der Waals surface area contributed by atoms with E-state index in [4.69, 9.17) is 10.8 Å². The van der Waals surface area contributed by atoms with Crippen molar-refractivity contribution >= 4 is 17.8 Å². The second-order valence-corrected chi connectivity index (χ2v) is 5.82. The standard InChI is InChI=1S/C16H23N3O5/c1-9(2)14(16(24)18-8-13(21)22)19-15(23)12(17)7-10-3-5-11(20)6-4-10/h3-6,9,12,14,20H,7-8,17H2,1-2H3,(H,18,24)(H,19,23)(H,21,22). The van der Waals surface area contributed by atoms with Crippen LogP contribution in [0.15, 0.2) is 24.3 Å². The summed E-state index contributed by atoms with van der Waals surface area (Å²) in [6, 6.07) is 4.56. The van der Waals surface area contributed by atoms with Crippen LogP contribution in [0.3, 0.4) is 0 Å². The summed E-state index contributed by atoms with van der Waals surface area (Å²) >= 11 is 0. The molecule has 0 fully saturated rings. The molecule has 1 aromatic rings. The molecule has 1 rings (SSSR count). The van der Waals surface area contributed by atoms with Crippen molar-refractivity contribution in [2.75, 3.05) is 6.54 Å². The van der Waals surface area contributed by atoms with E-state index in [0.29, 0.717) is 0 Å². The molecule has 0 saturated carbocycles. The molecule has 0 spiro atoms. The Morgan fingerprint density at radius 1 is 1.12 bits per heavy atom. The van der Waals surface area contributed by atoms with Gasteiger partial charge in [0.15, 0.2) is 0 Å². The van der Waals surface area contributed by atoms with Crippen LogP contribution in [0.4, 0.5) is 0 Å². The zero-order chi connectivity index (χ0) is 18.3. The number of amides is 2. The number of carboxylic acid groups (broad SMARTS) is 1. The normalized spacial score (nSPS) is 13.2. The van der Waals surface area contributed by atoms with Gasteiger partial charge in [-0.25, -0.2) is 0 Å². The minimum atomic E-state index is -1.17. The molecule has 0 aromatic heterocycles. The van der Waals surface area contributed by atoms with Gasteiger partial charge in [-0.15, -0.1) is 0 Å². The summed E-state index contributed by atoms with van der Waals surface area (Å²) in [7, 11) is 0. The highest BCUT2D eigenvalue weighted by atomic mass is 16.4. The van der Waals surface area contributed by atoms with Gasteiger partial charge < -0.3 is 26.6 Å². The van der Waals surface area contributed by atoms with Crippen molar-refractivity contribution < 1.29 is 24.6 Å². The van der Waals surface area contributed by atoms with E-state index in [1.165, 1.54) is 12.1 Å². The lowest BCUT2D eigenvalue weighted by molar-refractivity contribution is -0.138. The molecule has 0 saturated heterocycles. The average molecular weight is 337 g/mol. The molecule has 0 bridgehead atoms. The largest absolute Gasteiger partial charge is 0.508 e. The summed E-state index contributed by atoms with van der Waals surface area (Å²) in [5, 5.41) is 22.6. The second kappa shape index (κ2) is 8.88. The number of hydrogen-bond acceptors (Lipinski definition) is 5. The van der Waals surface area contributed by atoms with Crippen LogP contribution >= 0.6 is 0 Å². The van der Waals surface area contributed by atoms with Gasteiger partial charge in [0.2, 0.25) is 11.8 Å². The van der Waals surface area contributed by atoms with E-state index in [2.05, 4.69) is 10.6 Å². The number of aromatic hydroxyl groups is 1. The number of nitrogens with one attached hydrogen (secondary N) is 2. The van der Waals surface area contributed by atoms with Gasteiger partial charge in [-0.2, -0.15) is 0 Å². The molecule has 6 N–H and O–H groups in total. The zero-order valence-corrected chi connectivity index (χ0v) is 13.7. The summed E-state index contributed by atoms with van der Waals surface area (Å²) in [5.41, 5.74) is 6.63. The minimum Gasteiger partial charge on any atom is -0.508 e. The summed E-state index contributed by atoms with van der Waals surface area (Å²) in [5.74, 6) is -2.36. The lowest BCUT2D eigenvalue weighted by atomic mass is 10.0. The van der Waals surface area contributed by atoms with Crippen LogP contribution in [0.5, 0.6) is 5.75 Å². The Balaban J connectivity index is 2.64. The van der Waals surface area contributed by atoms with Gasteiger partial charge in [-0.05, 0) is 30.0 Å². The first-order valence-corrected chi connectivity index (χ1v) is 7.54. The van der Waals surface area contributed by atoms with E-state index in [0.717, 1.165) is 5.56 Å².